The van der Waals surface area contributed by atoms with Crippen LogP contribution >= 0.6 is 0 Å². The van der Waals surface area contributed by atoms with Crippen LogP contribution in [0.25, 0.3) is 28.4 Å². The molecule has 1 amide bonds. The molecule has 7 heteroatoms. The summed E-state index contributed by atoms with van der Waals surface area (Å²) in [5, 5.41) is 8.96. The highest BCUT2D eigenvalue weighted by Gasteiger charge is 2.29. The van der Waals surface area contributed by atoms with Crippen LogP contribution in [0.3, 0.4) is 0 Å². The molecule has 3 aromatic rings. The van der Waals surface area contributed by atoms with Crippen LogP contribution in [0.4, 0.5) is 4.79 Å². The number of hydrogen-bond donors (Lipinski definition) is 2. The molecule has 2 aromatic heterocycles. The summed E-state index contributed by atoms with van der Waals surface area (Å²) >= 11 is 0. The van der Waals surface area contributed by atoms with Gasteiger partial charge in [0, 0.05) is 22.2 Å². The fourth-order valence-electron chi connectivity index (χ4n) is 4.45. The Morgan fingerprint density at radius 1 is 1.32 bits per heavy atom. The van der Waals surface area contributed by atoms with Gasteiger partial charge in [-0.3, -0.25) is 14.8 Å². The van der Waals surface area contributed by atoms with Crippen molar-refractivity contribution < 1.29 is 14.3 Å². The lowest BCUT2D eigenvalue weighted by molar-refractivity contribution is -0.115. The molecule has 1 aliphatic heterocycles. The molecule has 1 aromatic carbocycles. The van der Waals surface area contributed by atoms with E-state index < -0.39 is 6.09 Å². The maximum absolute atomic E-state index is 12.2. The van der Waals surface area contributed by atoms with Gasteiger partial charge in [0.25, 0.3) is 0 Å². The monoisotopic (exact) mass is 418 g/mol. The van der Waals surface area contributed by atoms with Crippen LogP contribution in [0.1, 0.15) is 37.1 Å². The number of aromatic nitrogens is 3. The second-order valence-electron chi connectivity index (χ2n) is 9.24. The summed E-state index contributed by atoms with van der Waals surface area (Å²) in [6, 6.07) is 8.17. The molecule has 0 bridgehead atoms. The first-order valence-corrected chi connectivity index (χ1v) is 10.7. The first kappa shape index (κ1) is 19.6. The molecule has 5 rings (SSSR count). The molecule has 0 atom stereocenters. The van der Waals surface area contributed by atoms with Crippen molar-refractivity contribution in [2.24, 2.45) is 5.41 Å². The average Bonchev–Trinajstić information content (AvgIpc) is 3.43. The number of ether oxygens (including phenoxy) is 1. The molecule has 2 N–H and O–H groups in total. The van der Waals surface area contributed by atoms with E-state index in [0.29, 0.717) is 18.6 Å². The third-order valence-electron chi connectivity index (χ3n) is 6.21. The Hall–Kier alpha value is -3.35. The highest BCUT2D eigenvalue weighted by Crippen LogP contribution is 2.38. The standard InChI is InChI=1S/C24H26N4O3/c1-24(2)8-7-18-21(13-24)26-27-22(18)20-12-16-5-3-15(11-19(16)25-20)4-6-17(29)14-28-9-10-31-23(28)30/h3-6,11-12,25H,7-10,13-14H2,1-2H3,(H,26,27)/b6-4+. The number of nitrogens with zero attached hydrogens (tertiary/aromatic N) is 2. The number of ketones is 1. The smallest absolute Gasteiger partial charge is 0.410 e. The molecule has 160 valence electrons. The SMILES string of the molecule is CC1(C)CCc2c(-c3cc4ccc(/C=C/C(=O)CN5CCOC5=O)cc4[nH]3)n[nH]c2C1. The van der Waals surface area contributed by atoms with E-state index in [2.05, 4.69) is 35.1 Å². The Bertz CT molecular complexity index is 1200. The number of cyclic esters (lactones) is 1. The predicted octanol–water partition coefficient (Wildman–Crippen LogP) is 4.11. The maximum Gasteiger partial charge on any atom is 0.410 e. The van der Waals surface area contributed by atoms with Crippen molar-refractivity contribution in [2.75, 3.05) is 19.7 Å². The van der Waals surface area contributed by atoms with Crippen molar-refractivity contribution >= 4 is 28.9 Å². The molecular weight excluding hydrogens is 392 g/mol. The van der Waals surface area contributed by atoms with E-state index in [4.69, 9.17) is 4.74 Å². The summed E-state index contributed by atoms with van der Waals surface area (Å²) in [6.07, 6.45) is 6.08. The van der Waals surface area contributed by atoms with Gasteiger partial charge < -0.3 is 9.72 Å². The van der Waals surface area contributed by atoms with Gasteiger partial charge in [0.15, 0.2) is 5.78 Å². The number of fused-ring (bicyclic) bond motifs is 2. The van der Waals surface area contributed by atoms with Crippen molar-refractivity contribution in [1.82, 2.24) is 20.1 Å². The minimum Gasteiger partial charge on any atom is -0.448 e. The summed E-state index contributed by atoms with van der Waals surface area (Å²) < 4.78 is 4.85. The summed E-state index contributed by atoms with van der Waals surface area (Å²) in [4.78, 5) is 28.5. The van der Waals surface area contributed by atoms with Crippen molar-refractivity contribution in [3.8, 4) is 11.4 Å². The lowest BCUT2D eigenvalue weighted by Crippen LogP contribution is -2.29. The van der Waals surface area contributed by atoms with E-state index in [1.807, 2.05) is 18.2 Å². The second kappa shape index (κ2) is 7.41. The Morgan fingerprint density at radius 3 is 3.00 bits per heavy atom. The topological polar surface area (TPSA) is 91.1 Å². The number of carbonyl (C=O) groups is 2. The Balaban J connectivity index is 1.35. The number of aromatic amines is 2. The maximum atomic E-state index is 12.2. The number of nitrogens with one attached hydrogen (secondary N) is 2. The molecule has 3 heterocycles. The lowest BCUT2D eigenvalue weighted by Gasteiger charge is -2.28. The van der Waals surface area contributed by atoms with Gasteiger partial charge in [0.2, 0.25) is 0 Å². The predicted molar refractivity (Wildman–Crippen MR) is 119 cm³/mol. The van der Waals surface area contributed by atoms with Crippen molar-refractivity contribution in [1.29, 1.82) is 0 Å². The molecule has 0 spiro atoms. The fraction of sp³-hybridized carbons (Fsp3) is 0.375. The van der Waals surface area contributed by atoms with Gasteiger partial charge in [-0.2, -0.15) is 5.10 Å². The molecule has 0 unspecified atom stereocenters. The van der Waals surface area contributed by atoms with Gasteiger partial charge in [0.1, 0.15) is 12.3 Å². The number of carbonyl (C=O) groups excluding carboxylic acids is 2. The number of amides is 1. The Kier molecular flexibility index (Phi) is 4.68. The van der Waals surface area contributed by atoms with Crippen LogP contribution in [0.2, 0.25) is 0 Å². The molecule has 1 fully saturated rings. The largest absolute Gasteiger partial charge is 0.448 e. The zero-order chi connectivity index (χ0) is 21.6. The van der Waals surface area contributed by atoms with Crippen LogP contribution < -0.4 is 0 Å². The summed E-state index contributed by atoms with van der Waals surface area (Å²) in [5.74, 6) is -0.128. The quantitative estimate of drug-likeness (QED) is 0.610. The van der Waals surface area contributed by atoms with E-state index in [9.17, 15) is 9.59 Å². The van der Waals surface area contributed by atoms with Crippen LogP contribution in [0.5, 0.6) is 0 Å². The average molecular weight is 418 g/mol. The molecular formula is C24H26N4O3. The highest BCUT2D eigenvalue weighted by atomic mass is 16.6. The fourth-order valence-corrected chi connectivity index (χ4v) is 4.45. The second-order valence-corrected chi connectivity index (χ2v) is 9.24. The third-order valence-corrected chi connectivity index (χ3v) is 6.21. The van der Waals surface area contributed by atoms with Gasteiger partial charge in [-0.1, -0.05) is 32.1 Å². The van der Waals surface area contributed by atoms with Crippen LogP contribution in [0.15, 0.2) is 30.3 Å². The summed E-state index contributed by atoms with van der Waals surface area (Å²) in [7, 11) is 0. The van der Waals surface area contributed by atoms with Gasteiger partial charge >= 0.3 is 6.09 Å². The van der Waals surface area contributed by atoms with Gasteiger partial charge in [0.05, 0.1) is 18.8 Å². The van der Waals surface area contributed by atoms with Gasteiger partial charge in [-0.05, 0) is 48.4 Å². The Morgan fingerprint density at radius 2 is 2.19 bits per heavy atom. The van der Waals surface area contributed by atoms with Crippen molar-refractivity contribution in [3.05, 3.63) is 47.2 Å². The zero-order valence-corrected chi connectivity index (χ0v) is 17.8. The normalized spacial score (nSPS) is 18.0. The minimum atomic E-state index is -0.425. The molecule has 1 saturated heterocycles. The molecule has 1 aliphatic carbocycles. The van der Waals surface area contributed by atoms with E-state index in [0.717, 1.165) is 47.1 Å². The number of H-pyrrole nitrogens is 2. The molecule has 0 saturated carbocycles. The van der Waals surface area contributed by atoms with E-state index in [1.165, 1.54) is 22.2 Å². The summed E-state index contributed by atoms with van der Waals surface area (Å²) in [6.45, 7) is 5.46. The Labute approximate surface area is 180 Å². The van der Waals surface area contributed by atoms with Gasteiger partial charge in [-0.15, -0.1) is 0 Å². The number of rotatable bonds is 5. The number of hydrogen-bond acceptors (Lipinski definition) is 4. The van der Waals surface area contributed by atoms with Gasteiger partial charge in [-0.25, -0.2) is 4.79 Å². The molecule has 2 aliphatic rings. The van der Waals surface area contributed by atoms with Crippen LogP contribution in [0, 0.1) is 5.41 Å². The van der Waals surface area contributed by atoms with E-state index >= 15 is 0 Å². The lowest BCUT2D eigenvalue weighted by atomic mass is 9.76. The van der Waals surface area contributed by atoms with Crippen molar-refractivity contribution in [3.63, 3.8) is 0 Å². The first-order valence-electron chi connectivity index (χ1n) is 10.7. The van der Waals surface area contributed by atoms with Crippen LogP contribution in [-0.4, -0.2) is 51.7 Å². The highest BCUT2D eigenvalue weighted by molar-refractivity contribution is 5.97. The minimum absolute atomic E-state index is 0.0469. The molecule has 31 heavy (non-hydrogen) atoms. The zero-order valence-electron chi connectivity index (χ0n) is 17.8. The third kappa shape index (κ3) is 3.87. The van der Waals surface area contributed by atoms with Crippen LogP contribution in [-0.2, 0) is 22.4 Å². The van der Waals surface area contributed by atoms with Crippen molar-refractivity contribution in [2.45, 2.75) is 33.1 Å². The van der Waals surface area contributed by atoms with E-state index in [-0.39, 0.29) is 12.3 Å². The van der Waals surface area contributed by atoms with E-state index in [1.54, 1.807) is 6.08 Å². The number of benzene rings is 1. The molecule has 7 nitrogen and oxygen atoms in total. The summed E-state index contributed by atoms with van der Waals surface area (Å²) in [5.41, 5.74) is 6.81. The molecule has 0 radical (unpaired) electrons. The first-order chi connectivity index (χ1) is 14.9.